The summed E-state index contributed by atoms with van der Waals surface area (Å²) in [6.07, 6.45) is 3.71. The molecule has 2 aromatic rings. The third-order valence-electron chi connectivity index (χ3n) is 4.92. The van der Waals surface area contributed by atoms with E-state index in [9.17, 15) is 19.6 Å². The molecule has 184 valence electrons. The molecule has 1 aromatic heterocycles. The number of carbonyl (C=O) groups is 3. The zero-order valence-electron chi connectivity index (χ0n) is 19.7. The molecule has 1 fully saturated rings. The van der Waals surface area contributed by atoms with Crippen molar-refractivity contribution in [2.24, 2.45) is 0 Å². The lowest BCUT2D eigenvalue weighted by molar-refractivity contribution is -0.123. The molecule has 3 rings (SSSR count). The Hall–Kier alpha value is -3.78. The van der Waals surface area contributed by atoms with Crippen LogP contribution in [0.1, 0.15) is 54.2 Å². The lowest BCUT2D eigenvalue weighted by atomic mass is 10.1. The second-order valence-corrected chi connectivity index (χ2v) is 8.27. The van der Waals surface area contributed by atoms with Crippen molar-refractivity contribution in [2.75, 3.05) is 31.4 Å². The van der Waals surface area contributed by atoms with Crippen LogP contribution >= 0.6 is 11.8 Å². The van der Waals surface area contributed by atoms with Crippen LogP contribution in [0.5, 0.6) is 11.5 Å². The Morgan fingerprint density at radius 3 is 2.49 bits per heavy atom. The smallest absolute Gasteiger partial charge is 0.340 e. The fraction of sp³-hybridized carbons (Fsp3) is 0.375. The SMILES string of the molecule is CCOc1ccc(NC(=O)NC(=O)COC(=O)c2cc(C3CC3)nc(SC)c2C#N)cc1OCC. The van der Waals surface area contributed by atoms with Gasteiger partial charge < -0.3 is 19.5 Å². The van der Waals surface area contributed by atoms with Gasteiger partial charge in [0.1, 0.15) is 11.1 Å². The van der Waals surface area contributed by atoms with Crippen LogP contribution in [0.4, 0.5) is 10.5 Å². The first-order valence-corrected chi connectivity index (χ1v) is 12.3. The fourth-order valence-corrected chi connectivity index (χ4v) is 3.76. The topological polar surface area (TPSA) is 140 Å². The Morgan fingerprint density at radius 1 is 1.14 bits per heavy atom. The molecular formula is C24H26N4O6S. The Balaban J connectivity index is 1.59. The van der Waals surface area contributed by atoms with Gasteiger partial charge in [0.25, 0.3) is 5.91 Å². The average molecular weight is 499 g/mol. The number of imide groups is 1. The van der Waals surface area contributed by atoms with Crippen LogP contribution in [-0.2, 0) is 9.53 Å². The van der Waals surface area contributed by atoms with E-state index < -0.39 is 24.5 Å². The number of nitriles is 1. The normalized spacial score (nSPS) is 12.3. The molecule has 1 saturated carbocycles. The van der Waals surface area contributed by atoms with Crippen LogP contribution in [0.3, 0.4) is 0 Å². The number of pyridine rings is 1. The monoisotopic (exact) mass is 498 g/mol. The van der Waals surface area contributed by atoms with Gasteiger partial charge in [0.05, 0.1) is 24.3 Å². The highest BCUT2D eigenvalue weighted by atomic mass is 32.2. The van der Waals surface area contributed by atoms with E-state index in [-0.39, 0.29) is 17.0 Å². The zero-order chi connectivity index (χ0) is 25.4. The average Bonchev–Trinajstić information content (AvgIpc) is 3.69. The van der Waals surface area contributed by atoms with Gasteiger partial charge in [-0.3, -0.25) is 10.1 Å². The molecule has 0 bridgehead atoms. The van der Waals surface area contributed by atoms with Crippen molar-refractivity contribution < 1.29 is 28.6 Å². The lowest BCUT2D eigenvalue weighted by Gasteiger charge is -2.13. The van der Waals surface area contributed by atoms with Gasteiger partial charge in [-0.1, -0.05) is 0 Å². The van der Waals surface area contributed by atoms with Crippen molar-refractivity contribution in [3.8, 4) is 17.6 Å². The zero-order valence-corrected chi connectivity index (χ0v) is 20.5. The summed E-state index contributed by atoms with van der Waals surface area (Å²) in [6.45, 7) is 3.84. The molecule has 0 saturated heterocycles. The highest BCUT2D eigenvalue weighted by Crippen LogP contribution is 2.40. The number of hydrogen-bond acceptors (Lipinski definition) is 9. The fourth-order valence-electron chi connectivity index (χ4n) is 3.21. The minimum Gasteiger partial charge on any atom is -0.490 e. The maximum Gasteiger partial charge on any atom is 0.340 e. The summed E-state index contributed by atoms with van der Waals surface area (Å²) >= 11 is 1.26. The number of rotatable bonds is 10. The maximum atomic E-state index is 12.6. The van der Waals surface area contributed by atoms with E-state index in [4.69, 9.17) is 14.2 Å². The highest BCUT2D eigenvalue weighted by Gasteiger charge is 2.29. The minimum absolute atomic E-state index is 0.0591. The van der Waals surface area contributed by atoms with Gasteiger partial charge in [-0.15, -0.1) is 11.8 Å². The second kappa shape index (κ2) is 12.1. The van der Waals surface area contributed by atoms with E-state index in [1.54, 1.807) is 30.5 Å². The quantitative estimate of drug-likeness (QED) is 0.369. The van der Waals surface area contributed by atoms with E-state index in [1.807, 2.05) is 19.9 Å². The Labute approximate surface area is 207 Å². The first-order valence-electron chi connectivity index (χ1n) is 11.1. The summed E-state index contributed by atoms with van der Waals surface area (Å²) in [5.74, 6) is -0.409. The number of anilines is 1. The van der Waals surface area contributed by atoms with E-state index in [0.29, 0.717) is 35.4 Å². The van der Waals surface area contributed by atoms with Crippen LogP contribution < -0.4 is 20.1 Å². The molecule has 1 aliphatic rings. The summed E-state index contributed by atoms with van der Waals surface area (Å²) in [7, 11) is 0. The summed E-state index contributed by atoms with van der Waals surface area (Å²) in [5.41, 5.74) is 1.27. The molecular weight excluding hydrogens is 472 g/mol. The molecule has 2 N–H and O–H groups in total. The van der Waals surface area contributed by atoms with E-state index in [2.05, 4.69) is 15.6 Å². The van der Waals surface area contributed by atoms with Crippen molar-refractivity contribution in [2.45, 2.75) is 37.6 Å². The molecule has 0 atom stereocenters. The highest BCUT2D eigenvalue weighted by molar-refractivity contribution is 7.98. The van der Waals surface area contributed by atoms with Crippen molar-refractivity contribution in [1.29, 1.82) is 5.26 Å². The molecule has 0 aliphatic heterocycles. The number of urea groups is 1. The van der Waals surface area contributed by atoms with Gasteiger partial charge in [0, 0.05) is 23.4 Å². The van der Waals surface area contributed by atoms with Gasteiger partial charge in [-0.25, -0.2) is 14.6 Å². The molecule has 0 radical (unpaired) electrons. The number of thioether (sulfide) groups is 1. The third kappa shape index (κ3) is 6.86. The molecule has 1 heterocycles. The van der Waals surface area contributed by atoms with Crippen LogP contribution in [0.2, 0.25) is 0 Å². The molecule has 3 amide bonds. The maximum absolute atomic E-state index is 12.6. The number of esters is 1. The standard InChI is InChI=1S/C24H26N4O6S/c1-4-32-19-9-8-15(10-20(19)33-5-2)26-24(31)28-21(29)13-34-23(30)16-11-18(14-6-7-14)27-22(35-3)17(16)12-25/h8-11,14H,4-7,13H2,1-3H3,(H2,26,28,29,31). The minimum atomic E-state index is -0.829. The molecule has 0 spiro atoms. The second-order valence-electron chi connectivity index (χ2n) is 7.47. The number of hydrogen-bond donors (Lipinski definition) is 2. The molecule has 0 unspecified atom stereocenters. The molecule has 1 aliphatic carbocycles. The lowest BCUT2D eigenvalue weighted by Crippen LogP contribution is -2.37. The van der Waals surface area contributed by atoms with E-state index in [0.717, 1.165) is 18.5 Å². The number of aromatic nitrogens is 1. The number of ether oxygens (including phenoxy) is 3. The Morgan fingerprint density at radius 2 is 1.86 bits per heavy atom. The van der Waals surface area contributed by atoms with Gasteiger partial charge in [0.15, 0.2) is 18.1 Å². The molecule has 10 nitrogen and oxygen atoms in total. The first-order chi connectivity index (χ1) is 16.9. The summed E-state index contributed by atoms with van der Waals surface area (Å²) in [4.78, 5) is 41.5. The van der Waals surface area contributed by atoms with Crippen LogP contribution in [0.25, 0.3) is 0 Å². The third-order valence-corrected chi connectivity index (χ3v) is 5.60. The van der Waals surface area contributed by atoms with Gasteiger partial charge in [-0.05, 0) is 51.1 Å². The van der Waals surface area contributed by atoms with Gasteiger partial charge >= 0.3 is 12.0 Å². The molecule has 35 heavy (non-hydrogen) atoms. The summed E-state index contributed by atoms with van der Waals surface area (Å²) < 4.78 is 16.1. The molecule has 1 aromatic carbocycles. The number of nitrogens with zero attached hydrogens (tertiary/aromatic N) is 2. The van der Waals surface area contributed by atoms with Crippen molar-refractivity contribution in [3.63, 3.8) is 0 Å². The predicted molar refractivity (Wildman–Crippen MR) is 129 cm³/mol. The van der Waals surface area contributed by atoms with Gasteiger partial charge in [0.2, 0.25) is 0 Å². The Kier molecular flexibility index (Phi) is 8.92. The summed E-state index contributed by atoms with van der Waals surface area (Å²) in [6, 6.07) is 7.55. The first kappa shape index (κ1) is 25.8. The number of amides is 3. The number of carbonyl (C=O) groups excluding carboxylic acids is 3. The van der Waals surface area contributed by atoms with Crippen molar-refractivity contribution in [3.05, 3.63) is 41.1 Å². The predicted octanol–water partition coefficient (Wildman–Crippen LogP) is 3.86. The van der Waals surface area contributed by atoms with E-state index in [1.165, 1.54) is 11.8 Å². The van der Waals surface area contributed by atoms with Crippen LogP contribution in [0.15, 0.2) is 29.3 Å². The van der Waals surface area contributed by atoms with Crippen LogP contribution in [-0.4, -0.2) is 49.0 Å². The van der Waals surface area contributed by atoms with Crippen LogP contribution in [0, 0.1) is 11.3 Å². The Bertz CT molecular complexity index is 1160. The van der Waals surface area contributed by atoms with Gasteiger partial charge in [-0.2, -0.15) is 5.26 Å². The van der Waals surface area contributed by atoms with Crippen molar-refractivity contribution >= 4 is 35.4 Å². The number of nitrogens with one attached hydrogen (secondary N) is 2. The molecule has 11 heteroatoms. The summed E-state index contributed by atoms with van der Waals surface area (Å²) in [5, 5.41) is 14.6. The van der Waals surface area contributed by atoms with Crippen molar-refractivity contribution in [1.82, 2.24) is 10.3 Å². The van der Waals surface area contributed by atoms with E-state index >= 15 is 0 Å². The number of benzene rings is 1. The largest absolute Gasteiger partial charge is 0.490 e.